The van der Waals surface area contributed by atoms with E-state index in [1.54, 1.807) is 6.07 Å². The normalized spacial score (nSPS) is 12.6. The van der Waals surface area contributed by atoms with Crippen LogP contribution in [0.1, 0.15) is 17.5 Å². The summed E-state index contributed by atoms with van der Waals surface area (Å²) < 4.78 is 10.5. The van der Waals surface area contributed by atoms with Crippen LogP contribution in [-0.4, -0.2) is 18.4 Å². The number of rotatable bonds is 6. The monoisotopic (exact) mass is 285 g/mol. The number of phenols is 1. The number of ether oxygens (including phenoxy) is 2. The van der Waals surface area contributed by atoms with Gasteiger partial charge in [0.25, 0.3) is 0 Å². The molecule has 2 aromatic rings. The summed E-state index contributed by atoms with van der Waals surface area (Å²) in [7, 11) is 0. The van der Waals surface area contributed by atoms with Gasteiger partial charge in [0, 0.05) is 18.2 Å². The summed E-state index contributed by atoms with van der Waals surface area (Å²) >= 11 is 0. The van der Waals surface area contributed by atoms with Gasteiger partial charge >= 0.3 is 0 Å². The van der Waals surface area contributed by atoms with Crippen LogP contribution in [0.3, 0.4) is 0 Å². The van der Waals surface area contributed by atoms with Gasteiger partial charge < -0.3 is 19.9 Å². The molecule has 0 spiro atoms. The molecule has 3 rings (SSSR count). The number of nitrogens with one attached hydrogen (secondary N) is 1. The maximum absolute atomic E-state index is 9.93. The Morgan fingerprint density at radius 2 is 1.81 bits per heavy atom. The largest absolute Gasteiger partial charge is 0.507 e. The van der Waals surface area contributed by atoms with Crippen molar-refractivity contribution in [2.45, 2.75) is 19.4 Å². The minimum Gasteiger partial charge on any atom is -0.507 e. The molecule has 2 aromatic carbocycles. The van der Waals surface area contributed by atoms with Crippen molar-refractivity contribution in [1.29, 1.82) is 0 Å². The highest BCUT2D eigenvalue weighted by atomic mass is 16.7. The number of phenolic OH excluding ortho intramolecular Hbond substituents is 1. The van der Waals surface area contributed by atoms with E-state index in [9.17, 15) is 5.11 Å². The number of hydrogen-bond donors (Lipinski definition) is 2. The zero-order chi connectivity index (χ0) is 14.5. The SMILES string of the molecule is Oc1cc2c(cc1CNCCCc1ccccc1)OCO2. The quantitative estimate of drug-likeness (QED) is 0.801. The molecule has 1 aliphatic rings. The molecule has 0 radical (unpaired) electrons. The molecular formula is C17H19NO3. The summed E-state index contributed by atoms with van der Waals surface area (Å²) in [5, 5.41) is 13.3. The molecule has 2 N–H and O–H groups in total. The van der Waals surface area contributed by atoms with E-state index in [1.165, 1.54) is 5.56 Å². The zero-order valence-electron chi connectivity index (χ0n) is 11.8. The fourth-order valence-corrected chi connectivity index (χ4v) is 2.40. The number of hydrogen-bond acceptors (Lipinski definition) is 4. The van der Waals surface area contributed by atoms with Crippen molar-refractivity contribution in [3.63, 3.8) is 0 Å². The van der Waals surface area contributed by atoms with Gasteiger partial charge in [-0.25, -0.2) is 0 Å². The van der Waals surface area contributed by atoms with Crippen molar-refractivity contribution >= 4 is 0 Å². The van der Waals surface area contributed by atoms with Gasteiger partial charge in [0.05, 0.1) is 0 Å². The average Bonchev–Trinajstić information content (AvgIpc) is 2.95. The second-order valence-electron chi connectivity index (χ2n) is 5.10. The lowest BCUT2D eigenvalue weighted by Crippen LogP contribution is -2.15. The van der Waals surface area contributed by atoms with Crippen molar-refractivity contribution in [1.82, 2.24) is 5.32 Å². The molecule has 0 unspecified atom stereocenters. The van der Waals surface area contributed by atoms with Gasteiger partial charge in [0.15, 0.2) is 11.5 Å². The molecule has 0 saturated heterocycles. The summed E-state index contributed by atoms with van der Waals surface area (Å²) in [5.74, 6) is 1.56. The molecule has 0 fully saturated rings. The first-order chi connectivity index (χ1) is 10.3. The van der Waals surface area contributed by atoms with Gasteiger partial charge in [-0.05, 0) is 31.0 Å². The predicted molar refractivity (Wildman–Crippen MR) is 80.7 cm³/mol. The van der Waals surface area contributed by atoms with E-state index in [1.807, 2.05) is 12.1 Å². The molecule has 0 aromatic heterocycles. The van der Waals surface area contributed by atoms with Gasteiger partial charge in [-0.2, -0.15) is 0 Å². The predicted octanol–water partition coefficient (Wildman–Crippen LogP) is 2.84. The zero-order valence-corrected chi connectivity index (χ0v) is 11.8. The van der Waals surface area contributed by atoms with Crippen LogP contribution in [0.5, 0.6) is 17.2 Å². The Morgan fingerprint density at radius 1 is 1.05 bits per heavy atom. The first-order valence-electron chi connectivity index (χ1n) is 7.19. The van der Waals surface area contributed by atoms with E-state index in [0.29, 0.717) is 18.0 Å². The number of fused-ring (bicyclic) bond motifs is 1. The molecular weight excluding hydrogens is 266 g/mol. The second-order valence-corrected chi connectivity index (χ2v) is 5.10. The molecule has 1 heterocycles. The number of benzene rings is 2. The van der Waals surface area contributed by atoms with Crippen LogP contribution in [0.4, 0.5) is 0 Å². The molecule has 0 bridgehead atoms. The minimum atomic E-state index is 0.225. The summed E-state index contributed by atoms with van der Waals surface area (Å²) in [6.07, 6.45) is 2.12. The standard InChI is InChI=1S/C17H19NO3/c19-15-10-17-16(20-12-21-17)9-14(15)11-18-8-4-7-13-5-2-1-3-6-13/h1-3,5-6,9-10,18-19H,4,7-8,11-12H2. The lowest BCUT2D eigenvalue weighted by molar-refractivity contribution is 0.174. The van der Waals surface area contributed by atoms with Crippen LogP contribution >= 0.6 is 0 Å². The number of aryl methyl sites for hydroxylation is 1. The van der Waals surface area contributed by atoms with Crippen LogP contribution in [0.2, 0.25) is 0 Å². The van der Waals surface area contributed by atoms with Crippen molar-refractivity contribution in [3.05, 3.63) is 53.6 Å². The third kappa shape index (κ3) is 3.47. The van der Waals surface area contributed by atoms with Crippen molar-refractivity contribution in [3.8, 4) is 17.2 Å². The lowest BCUT2D eigenvalue weighted by atomic mass is 10.1. The van der Waals surface area contributed by atoms with Gasteiger partial charge in [-0.15, -0.1) is 0 Å². The van der Waals surface area contributed by atoms with Gasteiger partial charge in [0.1, 0.15) is 5.75 Å². The third-order valence-electron chi connectivity index (χ3n) is 3.55. The summed E-state index contributed by atoms with van der Waals surface area (Å²) in [5.41, 5.74) is 2.18. The van der Waals surface area contributed by atoms with Crippen molar-refractivity contribution in [2.75, 3.05) is 13.3 Å². The molecule has 4 heteroatoms. The lowest BCUT2D eigenvalue weighted by Gasteiger charge is -2.08. The molecule has 0 aliphatic carbocycles. The highest BCUT2D eigenvalue weighted by Gasteiger charge is 2.16. The van der Waals surface area contributed by atoms with Crippen molar-refractivity contribution < 1.29 is 14.6 Å². The Bertz CT molecular complexity index is 598. The van der Waals surface area contributed by atoms with E-state index in [-0.39, 0.29) is 12.5 Å². The minimum absolute atomic E-state index is 0.225. The first kappa shape index (κ1) is 13.8. The molecule has 4 nitrogen and oxygen atoms in total. The van der Waals surface area contributed by atoms with Gasteiger partial charge in [-0.3, -0.25) is 0 Å². The highest BCUT2D eigenvalue weighted by molar-refractivity contribution is 5.51. The Labute approximate surface area is 124 Å². The maximum Gasteiger partial charge on any atom is 0.231 e. The van der Waals surface area contributed by atoms with E-state index in [2.05, 4.69) is 29.6 Å². The Hall–Kier alpha value is -2.20. The topological polar surface area (TPSA) is 50.7 Å². The van der Waals surface area contributed by atoms with Crippen LogP contribution in [0.15, 0.2) is 42.5 Å². The fraction of sp³-hybridized carbons (Fsp3) is 0.294. The van der Waals surface area contributed by atoms with E-state index in [4.69, 9.17) is 9.47 Å². The van der Waals surface area contributed by atoms with Crippen LogP contribution in [0, 0.1) is 0 Å². The van der Waals surface area contributed by atoms with E-state index in [0.717, 1.165) is 24.9 Å². The maximum atomic E-state index is 9.93. The highest BCUT2D eigenvalue weighted by Crippen LogP contribution is 2.37. The summed E-state index contributed by atoms with van der Waals surface area (Å²) in [4.78, 5) is 0. The van der Waals surface area contributed by atoms with Gasteiger partial charge in [0.2, 0.25) is 6.79 Å². The number of aromatic hydroxyl groups is 1. The first-order valence-corrected chi connectivity index (χ1v) is 7.19. The molecule has 21 heavy (non-hydrogen) atoms. The van der Waals surface area contributed by atoms with Crippen LogP contribution in [0.25, 0.3) is 0 Å². The third-order valence-corrected chi connectivity index (χ3v) is 3.55. The average molecular weight is 285 g/mol. The van der Waals surface area contributed by atoms with Crippen LogP contribution in [-0.2, 0) is 13.0 Å². The fourth-order valence-electron chi connectivity index (χ4n) is 2.40. The van der Waals surface area contributed by atoms with E-state index < -0.39 is 0 Å². The van der Waals surface area contributed by atoms with Crippen molar-refractivity contribution in [2.24, 2.45) is 0 Å². The molecule has 1 aliphatic heterocycles. The summed E-state index contributed by atoms with van der Waals surface area (Å²) in [6.45, 7) is 1.75. The Balaban J connectivity index is 1.45. The van der Waals surface area contributed by atoms with Gasteiger partial charge in [-0.1, -0.05) is 30.3 Å². The second kappa shape index (κ2) is 6.50. The van der Waals surface area contributed by atoms with E-state index >= 15 is 0 Å². The molecule has 110 valence electrons. The Kier molecular flexibility index (Phi) is 4.26. The Morgan fingerprint density at radius 3 is 2.62 bits per heavy atom. The molecule has 0 saturated carbocycles. The molecule has 0 atom stereocenters. The molecule has 0 amide bonds. The van der Waals surface area contributed by atoms with Crippen LogP contribution < -0.4 is 14.8 Å². The summed E-state index contributed by atoms with van der Waals surface area (Å²) in [6, 6.07) is 13.9. The smallest absolute Gasteiger partial charge is 0.231 e.